The summed E-state index contributed by atoms with van der Waals surface area (Å²) >= 11 is 1.75. The maximum atomic E-state index is 4.42. The lowest BCUT2D eigenvalue weighted by Crippen LogP contribution is -2.46. The molecule has 0 amide bonds. The van der Waals surface area contributed by atoms with Crippen molar-refractivity contribution < 1.29 is 0 Å². The molecule has 0 radical (unpaired) electrons. The van der Waals surface area contributed by atoms with Gasteiger partial charge in [-0.15, -0.1) is 11.3 Å². The first-order chi connectivity index (χ1) is 11.9. The van der Waals surface area contributed by atoms with Crippen molar-refractivity contribution in [1.82, 2.24) is 19.9 Å². The normalized spacial score (nSPS) is 15.6. The van der Waals surface area contributed by atoms with Gasteiger partial charge in [-0.1, -0.05) is 6.07 Å². The summed E-state index contributed by atoms with van der Waals surface area (Å²) in [5.74, 6) is 0.832. The van der Waals surface area contributed by atoms with E-state index in [1.165, 1.54) is 16.0 Å². The lowest BCUT2D eigenvalue weighted by atomic mass is 10.1. The van der Waals surface area contributed by atoms with Crippen LogP contribution in [0.25, 0.3) is 10.4 Å². The molecule has 4 rings (SSSR count). The molecular formula is C18H19N5S. The number of thiophene rings is 1. The first-order valence-electron chi connectivity index (χ1n) is 8.10. The molecule has 3 aromatic rings. The summed E-state index contributed by atoms with van der Waals surface area (Å²) in [4.78, 5) is 19.1. The first kappa shape index (κ1) is 15.2. The van der Waals surface area contributed by atoms with E-state index in [-0.39, 0.29) is 0 Å². The Morgan fingerprint density at radius 3 is 2.58 bits per heavy atom. The van der Waals surface area contributed by atoms with Crippen molar-refractivity contribution in [3.8, 4) is 10.4 Å². The number of pyridine rings is 1. The van der Waals surface area contributed by atoms with E-state index >= 15 is 0 Å². The fraction of sp³-hybridized carbons (Fsp3) is 0.278. The highest BCUT2D eigenvalue weighted by Crippen LogP contribution is 2.25. The van der Waals surface area contributed by atoms with Crippen LogP contribution in [0.2, 0.25) is 0 Å². The number of anilines is 1. The van der Waals surface area contributed by atoms with Crippen LogP contribution in [0, 0.1) is 0 Å². The van der Waals surface area contributed by atoms with E-state index < -0.39 is 0 Å². The van der Waals surface area contributed by atoms with Crippen molar-refractivity contribution in [3.63, 3.8) is 0 Å². The van der Waals surface area contributed by atoms with E-state index in [9.17, 15) is 0 Å². The average Bonchev–Trinajstić information content (AvgIpc) is 3.18. The number of hydrogen-bond acceptors (Lipinski definition) is 6. The molecule has 0 aromatic carbocycles. The van der Waals surface area contributed by atoms with Gasteiger partial charge in [-0.25, -0.2) is 9.97 Å². The first-order valence-corrected chi connectivity index (χ1v) is 8.98. The van der Waals surface area contributed by atoms with Crippen molar-refractivity contribution in [2.45, 2.75) is 6.54 Å². The van der Waals surface area contributed by atoms with Crippen LogP contribution in [0.1, 0.15) is 5.56 Å². The van der Waals surface area contributed by atoms with Crippen LogP contribution in [0.15, 0.2) is 54.4 Å². The average molecular weight is 337 g/mol. The van der Waals surface area contributed by atoms with Crippen LogP contribution in [0.4, 0.5) is 5.95 Å². The van der Waals surface area contributed by atoms with Crippen molar-refractivity contribution in [1.29, 1.82) is 0 Å². The van der Waals surface area contributed by atoms with Gasteiger partial charge in [0.05, 0.1) is 0 Å². The quantitative estimate of drug-likeness (QED) is 0.732. The molecule has 0 saturated carbocycles. The fourth-order valence-corrected chi connectivity index (χ4v) is 3.68. The predicted octanol–water partition coefficient (Wildman–Crippen LogP) is 2.92. The number of nitrogens with zero attached hydrogens (tertiary/aromatic N) is 5. The molecule has 24 heavy (non-hydrogen) atoms. The lowest BCUT2D eigenvalue weighted by molar-refractivity contribution is 0.248. The second-order valence-corrected chi connectivity index (χ2v) is 6.82. The monoisotopic (exact) mass is 337 g/mol. The highest BCUT2D eigenvalue weighted by Gasteiger charge is 2.18. The Morgan fingerprint density at radius 2 is 1.83 bits per heavy atom. The molecule has 1 aliphatic rings. The molecular weight excluding hydrogens is 318 g/mol. The highest BCUT2D eigenvalue weighted by molar-refractivity contribution is 7.13. The van der Waals surface area contributed by atoms with E-state index in [2.05, 4.69) is 48.3 Å². The topological polar surface area (TPSA) is 45.2 Å². The van der Waals surface area contributed by atoms with Gasteiger partial charge in [0.25, 0.3) is 0 Å². The van der Waals surface area contributed by atoms with Gasteiger partial charge in [0.2, 0.25) is 5.95 Å². The van der Waals surface area contributed by atoms with Crippen LogP contribution in [-0.4, -0.2) is 46.0 Å². The molecule has 0 unspecified atom stereocenters. The second kappa shape index (κ2) is 7.07. The number of piperazine rings is 1. The zero-order valence-corrected chi connectivity index (χ0v) is 14.2. The Balaban J connectivity index is 1.38. The van der Waals surface area contributed by atoms with E-state index in [1.54, 1.807) is 23.7 Å². The van der Waals surface area contributed by atoms with Gasteiger partial charge >= 0.3 is 0 Å². The minimum atomic E-state index is 0.832. The Hall–Kier alpha value is -2.31. The fourth-order valence-electron chi connectivity index (χ4n) is 2.97. The largest absolute Gasteiger partial charge is 0.338 e. The lowest BCUT2D eigenvalue weighted by Gasteiger charge is -2.34. The van der Waals surface area contributed by atoms with Gasteiger partial charge in [-0.3, -0.25) is 9.88 Å². The molecule has 0 bridgehead atoms. The van der Waals surface area contributed by atoms with Crippen molar-refractivity contribution in [2.24, 2.45) is 0 Å². The maximum Gasteiger partial charge on any atom is 0.225 e. The molecule has 0 spiro atoms. The number of rotatable bonds is 4. The number of aromatic nitrogens is 3. The summed E-state index contributed by atoms with van der Waals surface area (Å²) < 4.78 is 0. The smallest absolute Gasteiger partial charge is 0.225 e. The summed E-state index contributed by atoms with van der Waals surface area (Å²) in [6.45, 7) is 4.89. The minimum absolute atomic E-state index is 0.832. The van der Waals surface area contributed by atoms with Crippen LogP contribution in [0.5, 0.6) is 0 Å². The predicted molar refractivity (Wildman–Crippen MR) is 97.1 cm³/mol. The second-order valence-electron chi connectivity index (χ2n) is 5.87. The SMILES string of the molecule is c1cnc(N2CCN(Cc3cncc(-c4cccs4)c3)CC2)nc1. The Kier molecular flexibility index (Phi) is 4.49. The van der Waals surface area contributed by atoms with E-state index in [0.717, 1.165) is 38.7 Å². The highest BCUT2D eigenvalue weighted by atomic mass is 32.1. The van der Waals surface area contributed by atoms with Crippen LogP contribution in [0.3, 0.4) is 0 Å². The van der Waals surface area contributed by atoms with E-state index in [4.69, 9.17) is 0 Å². The van der Waals surface area contributed by atoms with Crippen LogP contribution >= 0.6 is 11.3 Å². The van der Waals surface area contributed by atoms with Crippen LogP contribution < -0.4 is 4.90 Å². The maximum absolute atomic E-state index is 4.42. The number of hydrogen-bond donors (Lipinski definition) is 0. The molecule has 6 heteroatoms. The summed E-state index contributed by atoms with van der Waals surface area (Å²) in [6.07, 6.45) is 7.52. The summed E-state index contributed by atoms with van der Waals surface area (Å²) in [7, 11) is 0. The molecule has 3 aromatic heterocycles. The summed E-state index contributed by atoms with van der Waals surface area (Å²) in [6, 6.07) is 8.33. The molecule has 0 aliphatic carbocycles. The van der Waals surface area contributed by atoms with Crippen LogP contribution in [-0.2, 0) is 6.54 Å². The summed E-state index contributed by atoms with van der Waals surface area (Å²) in [5, 5.41) is 2.10. The standard InChI is InChI=1S/C18H19N5S/c1-3-17(24-10-1)16-11-15(12-19-13-16)14-22-6-8-23(9-7-22)18-20-4-2-5-21-18/h1-5,10-13H,6-9,14H2. The minimum Gasteiger partial charge on any atom is -0.338 e. The molecule has 0 atom stereocenters. The Bertz CT molecular complexity index is 767. The van der Waals surface area contributed by atoms with Gasteiger partial charge in [-0.2, -0.15) is 0 Å². The van der Waals surface area contributed by atoms with Gasteiger partial charge in [0.15, 0.2) is 0 Å². The zero-order valence-electron chi connectivity index (χ0n) is 13.4. The molecule has 122 valence electrons. The zero-order chi connectivity index (χ0) is 16.2. The van der Waals surface area contributed by atoms with Crippen molar-refractivity contribution >= 4 is 17.3 Å². The Labute approximate surface area is 145 Å². The third-order valence-electron chi connectivity index (χ3n) is 4.21. The van der Waals surface area contributed by atoms with Gasteiger partial charge < -0.3 is 4.90 Å². The Morgan fingerprint density at radius 1 is 1.00 bits per heavy atom. The van der Waals surface area contributed by atoms with Gasteiger partial charge in [0.1, 0.15) is 0 Å². The summed E-state index contributed by atoms with van der Waals surface area (Å²) in [5.41, 5.74) is 2.48. The molecule has 0 N–H and O–H groups in total. The van der Waals surface area contributed by atoms with Crippen molar-refractivity contribution in [2.75, 3.05) is 31.1 Å². The van der Waals surface area contributed by atoms with E-state index in [0.29, 0.717) is 0 Å². The van der Waals surface area contributed by atoms with Gasteiger partial charge in [0, 0.05) is 68.0 Å². The molecule has 5 nitrogen and oxygen atoms in total. The van der Waals surface area contributed by atoms with E-state index in [1.807, 2.05) is 18.5 Å². The van der Waals surface area contributed by atoms with Crippen molar-refractivity contribution in [3.05, 3.63) is 60.0 Å². The third kappa shape index (κ3) is 3.44. The molecule has 1 fully saturated rings. The van der Waals surface area contributed by atoms with Gasteiger partial charge in [-0.05, 0) is 29.1 Å². The molecule has 1 saturated heterocycles. The third-order valence-corrected chi connectivity index (χ3v) is 5.13. The molecule has 1 aliphatic heterocycles. The molecule has 4 heterocycles.